The molecule has 2 aromatic carbocycles. The molecule has 3 aromatic rings. The number of benzene rings is 2. The Labute approximate surface area is 199 Å². The average molecular weight is 467 g/mol. The van der Waals surface area contributed by atoms with E-state index in [1.807, 2.05) is 46.0 Å². The minimum absolute atomic E-state index is 0.000740. The van der Waals surface area contributed by atoms with E-state index in [4.69, 9.17) is 4.74 Å². The minimum atomic E-state index is -0.336. The van der Waals surface area contributed by atoms with Gasteiger partial charge in [-0.05, 0) is 79.9 Å². The number of likely N-dealkylation sites (N-methyl/N-ethyl adjacent to an activating group) is 1. The molecule has 8 nitrogen and oxygen atoms in total. The fourth-order valence-corrected chi connectivity index (χ4v) is 4.86. The van der Waals surface area contributed by atoms with E-state index in [0.717, 1.165) is 29.8 Å². The summed E-state index contributed by atoms with van der Waals surface area (Å²) >= 11 is 0. The molecule has 3 atom stereocenters. The van der Waals surface area contributed by atoms with E-state index in [2.05, 4.69) is 25.7 Å². The monoisotopic (exact) mass is 466 g/mol. The Balaban J connectivity index is 1.72. The van der Waals surface area contributed by atoms with Crippen LogP contribution in [0.25, 0.3) is 5.69 Å². The van der Waals surface area contributed by atoms with E-state index in [1.54, 1.807) is 23.9 Å². The molecule has 1 aliphatic carbocycles. The lowest BCUT2D eigenvalue weighted by Gasteiger charge is -2.35. The van der Waals surface area contributed by atoms with Crippen molar-refractivity contribution in [2.45, 2.75) is 51.1 Å². The van der Waals surface area contributed by atoms with Gasteiger partial charge in [0.25, 0.3) is 0 Å². The van der Waals surface area contributed by atoms with Gasteiger partial charge in [-0.1, -0.05) is 12.1 Å². The SMILES string of the molecule is COc1ccc(-n2cnnn2)cc1N(C)C1CCC(C(=O)NC(C)(C)C)C1c1ccc(F)cc1. The number of amides is 1. The van der Waals surface area contributed by atoms with E-state index in [9.17, 15) is 9.18 Å². The number of carbonyl (C=O) groups is 1. The fraction of sp³-hybridized carbons (Fsp3) is 0.440. The van der Waals surface area contributed by atoms with Gasteiger partial charge in [0.1, 0.15) is 17.9 Å². The average Bonchev–Trinajstić information content (AvgIpc) is 3.48. The van der Waals surface area contributed by atoms with Crippen molar-refractivity contribution >= 4 is 11.6 Å². The van der Waals surface area contributed by atoms with Crippen LogP contribution in [0.5, 0.6) is 5.75 Å². The second-order valence-electron chi connectivity index (χ2n) is 9.79. The van der Waals surface area contributed by atoms with E-state index in [1.165, 1.54) is 18.5 Å². The van der Waals surface area contributed by atoms with Crippen LogP contribution in [0.2, 0.25) is 0 Å². The molecule has 34 heavy (non-hydrogen) atoms. The molecule has 9 heteroatoms. The van der Waals surface area contributed by atoms with Crippen LogP contribution in [0.15, 0.2) is 48.8 Å². The molecule has 0 bridgehead atoms. The Morgan fingerprint density at radius 2 is 1.91 bits per heavy atom. The third kappa shape index (κ3) is 4.88. The molecular formula is C25H31FN6O2. The van der Waals surface area contributed by atoms with Gasteiger partial charge in [0.05, 0.1) is 18.5 Å². The van der Waals surface area contributed by atoms with Crippen molar-refractivity contribution in [3.63, 3.8) is 0 Å². The third-order valence-electron chi connectivity index (χ3n) is 6.36. The van der Waals surface area contributed by atoms with Gasteiger partial charge in [0.2, 0.25) is 5.91 Å². The maximum absolute atomic E-state index is 13.7. The molecule has 1 N–H and O–H groups in total. The summed E-state index contributed by atoms with van der Waals surface area (Å²) in [6, 6.07) is 12.2. The molecule has 1 aliphatic rings. The first-order valence-electron chi connectivity index (χ1n) is 11.4. The molecule has 180 valence electrons. The highest BCUT2D eigenvalue weighted by Gasteiger charge is 2.44. The number of halogens is 1. The van der Waals surface area contributed by atoms with E-state index < -0.39 is 0 Å². The minimum Gasteiger partial charge on any atom is -0.495 e. The Kier molecular flexibility index (Phi) is 6.54. The number of carbonyl (C=O) groups excluding carboxylic acids is 1. The van der Waals surface area contributed by atoms with E-state index in [0.29, 0.717) is 5.75 Å². The summed E-state index contributed by atoms with van der Waals surface area (Å²) in [5.41, 5.74) is 2.27. The number of nitrogens with one attached hydrogen (secondary N) is 1. The zero-order valence-corrected chi connectivity index (χ0v) is 20.2. The van der Waals surface area contributed by atoms with Crippen LogP contribution in [-0.2, 0) is 4.79 Å². The van der Waals surface area contributed by atoms with Crippen LogP contribution in [-0.4, -0.2) is 51.9 Å². The smallest absolute Gasteiger partial charge is 0.224 e. The second kappa shape index (κ2) is 9.40. The Hall–Kier alpha value is -3.49. The highest BCUT2D eigenvalue weighted by Crippen LogP contribution is 2.45. The first kappa shape index (κ1) is 23.7. The van der Waals surface area contributed by atoms with Gasteiger partial charge in [-0.2, -0.15) is 0 Å². The number of hydrogen-bond acceptors (Lipinski definition) is 6. The van der Waals surface area contributed by atoms with Crippen LogP contribution >= 0.6 is 0 Å². The van der Waals surface area contributed by atoms with Crippen molar-refractivity contribution in [2.24, 2.45) is 5.92 Å². The van der Waals surface area contributed by atoms with Gasteiger partial charge in [-0.3, -0.25) is 4.79 Å². The summed E-state index contributed by atoms with van der Waals surface area (Å²) in [4.78, 5) is 15.5. The molecule has 3 unspecified atom stereocenters. The standard InChI is InChI=1S/C25H31FN6O2/c1-25(2,3)28-24(33)19-11-12-20(23(19)16-6-8-17(26)9-7-16)31(4)21-14-18(10-13-22(21)34-5)32-15-27-29-30-32/h6-10,13-15,19-20,23H,11-12H2,1-5H3,(H,28,33). The molecular weight excluding hydrogens is 435 g/mol. The summed E-state index contributed by atoms with van der Waals surface area (Å²) < 4.78 is 21.0. The predicted octanol–water partition coefficient (Wildman–Crippen LogP) is 3.72. The molecule has 1 fully saturated rings. The van der Waals surface area contributed by atoms with Crippen molar-refractivity contribution in [1.29, 1.82) is 0 Å². The van der Waals surface area contributed by atoms with Gasteiger partial charge < -0.3 is 15.0 Å². The van der Waals surface area contributed by atoms with Crippen LogP contribution in [0.1, 0.15) is 45.1 Å². The summed E-state index contributed by atoms with van der Waals surface area (Å²) in [6.07, 6.45) is 3.07. The van der Waals surface area contributed by atoms with Crippen molar-refractivity contribution in [2.75, 3.05) is 19.1 Å². The van der Waals surface area contributed by atoms with Gasteiger partial charge >= 0.3 is 0 Å². The topological polar surface area (TPSA) is 85.2 Å². The van der Waals surface area contributed by atoms with Gasteiger partial charge in [0.15, 0.2) is 0 Å². The normalized spacial score (nSPS) is 20.2. The van der Waals surface area contributed by atoms with Crippen LogP contribution in [0.3, 0.4) is 0 Å². The zero-order valence-electron chi connectivity index (χ0n) is 20.2. The summed E-state index contributed by atoms with van der Waals surface area (Å²) in [5.74, 6) is 0.0882. The lowest BCUT2D eigenvalue weighted by molar-refractivity contribution is -0.126. The van der Waals surface area contributed by atoms with Gasteiger partial charge in [0, 0.05) is 30.5 Å². The number of nitrogens with zero attached hydrogens (tertiary/aromatic N) is 5. The first-order chi connectivity index (χ1) is 16.2. The predicted molar refractivity (Wildman–Crippen MR) is 128 cm³/mol. The van der Waals surface area contributed by atoms with Crippen molar-refractivity contribution < 1.29 is 13.9 Å². The first-order valence-corrected chi connectivity index (χ1v) is 11.4. The fourth-order valence-electron chi connectivity index (χ4n) is 4.86. The summed E-state index contributed by atoms with van der Waals surface area (Å²) in [7, 11) is 3.64. The van der Waals surface area contributed by atoms with Crippen molar-refractivity contribution in [3.05, 3.63) is 60.2 Å². The Bertz CT molecular complexity index is 1130. The van der Waals surface area contributed by atoms with Crippen molar-refractivity contribution in [1.82, 2.24) is 25.5 Å². The molecule has 1 amide bonds. The Morgan fingerprint density at radius 3 is 2.53 bits per heavy atom. The molecule has 1 aromatic heterocycles. The number of rotatable bonds is 6. The summed E-state index contributed by atoms with van der Waals surface area (Å²) in [6.45, 7) is 5.93. The third-order valence-corrected chi connectivity index (χ3v) is 6.36. The number of anilines is 1. The molecule has 1 saturated carbocycles. The molecule has 1 heterocycles. The largest absolute Gasteiger partial charge is 0.495 e. The molecule has 0 spiro atoms. The van der Waals surface area contributed by atoms with Crippen LogP contribution in [0, 0.1) is 11.7 Å². The lowest BCUT2D eigenvalue weighted by atomic mass is 9.85. The molecule has 0 aliphatic heterocycles. The highest BCUT2D eigenvalue weighted by atomic mass is 19.1. The van der Waals surface area contributed by atoms with E-state index in [-0.39, 0.29) is 35.1 Å². The maximum atomic E-state index is 13.7. The second-order valence-corrected chi connectivity index (χ2v) is 9.79. The molecule has 0 saturated heterocycles. The van der Waals surface area contributed by atoms with Crippen LogP contribution < -0.4 is 15.0 Å². The van der Waals surface area contributed by atoms with Gasteiger partial charge in [-0.15, -0.1) is 5.10 Å². The molecule has 4 rings (SSSR count). The lowest BCUT2D eigenvalue weighted by Crippen LogP contribution is -2.46. The van der Waals surface area contributed by atoms with Crippen LogP contribution in [0.4, 0.5) is 10.1 Å². The number of aromatic nitrogens is 4. The zero-order chi connectivity index (χ0) is 24.5. The number of methoxy groups -OCH3 is 1. The summed E-state index contributed by atoms with van der Waals surface area (Å²) in [5, 5.41) is 14.6. The van der Waals surface area contributed by atoms with Crippen molar-refractivity contribution in [3.8, 4) is 11.4 Å². The highest BCUT2D eigenvalue weighted by molar-refractivity contribution is 5.81. The number of ether oxygens (including phenoxy) is 1. The van der Waals surface area contributed by atoms with E-state index >= 15 is 0 Å². The Morgan fingerprint density at radius 1 is 1.18 bits per heavy atom. The molecule has 0 radical (unpaired) electrons. The quantitative estimate of drug-likeness (QED) is 0.596. The maximum Gasteiger partial charge on any atom is 0.224 e. The number of hydrogen-bond donors (Lipinski definition) is 1. The number of tetrazole rings is 1. The van der Waals surface area contributed by atoms with Gasteiger partial charge in [-0.25, -0.2) is 9.07 Å².